The monoisotopic (exact) mass is 1340 g/mol. The lowest BCUT2D eigenvalue weighted by Gasteiger charge is -2.39. The van der Waals surface area contributed by atoms with E-state index in [0.717, 1.165) is 33.4 Å². The summed E-state index contributed by atoms with van der Waals surface area (Å²) in [5.41, 5.74) is 7.57. The first-order valence-corrected chi connectivity index (χ1v) is 34.7. The first-order chi connectivity index (χ1) is 44.2. The topological polar surface area (TPSA) is 312 Å². The number of rotatable bonds is 14. The molecule has 12 rings (SSSR count). The lowest BCUT2D eigenvalue weighted by Crippen LogP contribution is -2.58. The number of aryl methyl sites for hydroxylation is 6. The van der Waals surface area contributed by atoms with Crippen molar-refractivity contribution in [1.29, 1.82) is 0 Å². The van der Waals surface area contributed by atoms with E-state index in [2.05, 4.69) is 9.97 Å². The van der Waals surface area contributed by atoms with Gasteiger partial charge in [0.15, 0.2) is 0 Å². The smallest absolute Gasteiger partial charge is 0.329 e. The molecular formula is C65H73FN8O16S3. The number of piperazine rings is 3. The number of nitrogens with zero attached hydrogens (tertiary/aromatic N) is 8. The van der Waals surface area contributed by atoms with Crippen molar-refractivity contribution >= 4 is 77.2 Å². The maximum absolute atomic E-state index is 14.2. The van der Waals surface area contributed by atoms with Gasteiger partial charge < -0.3 is 39.5 Å². The zero-order valence-corrected chi connectivity index (χ0v) is 54.4. The molecule has 4 aromatic carbocycles. The Morgan fingerprint density at radius 1 is 0.462 bits per heavy atom. The molecule has 6 aromatic rings. The second-order valence-electron chi connectivity index (χ2n) is 23.8. The highest BCUT2D eigenvalue weighted by Crippen LogP contribution is 2.39. The van der Waals surface area contributed by atoms with E-state index in [4.69, 9.17) is 9.47 Å². The highest BCUT2D eigenvalue weighted by Gasteiger charge is 2.43. The molecule has 93 heavy (non-hydrogen) atoms. The minimum atomic E-state index is -3.93. The fourth-order valence-corrected chi connectivity index (χ4v) is 17.3. The summed E-state index contributed by atoms with van der Waals surface area (Å²) in [5.74, 6) is -5.14. The van der Waals surface area contributed by atoms with E-state index in [1.165, 1.54) is 63.5 Å². The van der Waals surface area contributed by atoms with Crippen molar-refractivity contribution in [3.63, 3.8) is 0 Å². The van der Waals surface area contributed by atoms with Gasteiger partial charge in [0.2, 0.25) is 30.1 Å². The Kier molecular flexibility index (Phi) is 20.1. The lowest BCUT2D eigenvalue weighted by atomic mass is 10.0. The lowest BCUT2D eigenvalue weighted by molar-refractivity contribution is -0.143. The number of carbonyl (C=O) groups is 5. The van der Waals surface area contributed by atoms with Gasteiger partial charge in [0.1, 0.15) is 29.5 Å². The largest absolute Gasteiger partial charge is 0.481 e. The van der Waals surface area contributed by atoms with Crippen LogP contribution in [0.15, 0.2) is 124 Å². The third-order valence-electron chi connectivity index (χ3n) is 18.1. The normalized spacial score (nSPS) is 20.8. The van der Waals surface area contributed by atoms with Gasteiger partial charge in [-0.05, 0) is 170 Å². The summed E-state index contributed by atoms with van der Waals surface area (Å²) in [4.78, 5) is 73.9. The second-order valence-corrected chi connectivity index (χ2v) is 29.6. The molecule has 0 spiro atoms. The number of benzene rings is 4. The zero-order valence-electron chi connectivity index (χ0n) is 51.9. The SMILES string of the molecule is COC(=O)[C@@H]1CN(S(=O)(=O)c2ccc3c(c2)C(C(=O)O)CC3)CCN1c1ccc(C)cn1.COC(=O)[C@H]1CN(S(=O)(=O)c2ccc3c(c2)C(C(=O)O)CC3)CCN1c1ccc(C)cn1.Cc1ccc(N2CCN(S(=O)(=O)c3ccc4c(c3)C(C(=O)O)CC4)CC2)c(F)c1. The molecule has 6 aliphatic rings. The Hall–Kier alpha value is -8.41. The molecular weight excluding hydrogens is 1260 g/mol. The molecule has 28 heteroatoms. The Bertz CT molecular complexity index is 4030. The number of esters is 2. The quantitative estimate of drug-likeness (QED) is 0.107. The molecule has 3 saturated heterocycles. The standard InChI is InChI=1S/2C22H25N3O6S.C21H23FN2O4S/c2*1-14-3-8-20(23-12-14)25-10-9-24(13-19(25)22(28)31-2)32(29,30)16-6-4-15-5-7-17(21(26)27)18(15)11-16;1-14-2-7-20(19(22)12-14)23-8-10-24(11-9-23)29(27,28)16-5-3-15-4-6-17(21(25)26)18(15)13-16/h2*3-4,6,8,11-12,17,19H,5,7,9-10,13H2,1-2H3,(H,26,27);2-3,5,7,12-13,17H,4,6,8-11H2,1H3,(H,25,26)/t2*17?,19-;/m10./s1. The van der Waals surface area contributed by atoms with Crippen molar-refractivity contribution < 1.29 is 78.4 Å². The molecule has 3 aliphatic carbocycles. The summed E-state index contributed by atoms with van der Waals surface area (Å²) >= 11 is 0. The number of halogens is 1. The van der Waals surface area contributed by atoms with Crippen LogP contribution in [0.3, 0.4) is 0 Å². The molecule has 0 radical (unpaired) electrons. The summed E-state index contributed by atoms with van der Waals surface area (Å²) in [6.45, 7) is 7.56. The zero-order chi connectivity index (χ0) is 66.8. The van der Waals surface area contributed by atoms with Crippen LogP contribution < -0.4 is 14.7 Å². The Morgan fingerprint density at radius 3 is 1.15 bits per heavy atom. The van der Waals surface area contributed by atoms with E-state index in [1.807, 2.05) is 43.9 Å². The molecule has 3 N–H and O–H groups in total. The van der Waals surface area contributed by atoms with Crippen molar-refractivity contribution in [3.05, 3.63) is 165 Å². The number of anilines is 3. The maximum atomic E-state index is 14.2. The fraction of sp³-hybridized carbons (Fsp3) is 0.400. The number of carboxylic acid groups (broad SMARTS) is 3. The first kappa shape index (κ1) is 67.5. The number of hydrogen-bond acceptors (Lipinski definition) is 18. The van der Waals surface area contributed by atoms with Crippen LogP contribution in [-0.2, 0) is 82.8 Å². The minimum Gasteiger partial charge on any atom is -0.481 e. The van der Waals surface area contributed by atoms with Crippen LogP contribution in [-0.4, -0.2) is 185 Å². The molecule has 3 aliphatic heterocycles. The van der Waals surface area contributed by atoms with Crippen LogP contribution in [0.2, 0.25) is 0 Å². The van der Waals surface area contributed by atoms with Crippen LogP contribution in [0, 0.1) is 26.6 Å². The van der Waals surface area contributed by atoms with Crippen molar-refractivity contribution in [2.75, 3.05) is 94.4 Å². The van der Waals surface area contributed by atoms with Gasteiger partial charge in [0, 0.05) is 77.8 Å². The van der Waals surface area contributed by atoms with Gasteiger partial charge in [-0.1, -0.05) is 36.4 Å². The summed E-state index contributed by atoms with van der Waals surface area (Å²) in [5, 5.41) is 28.3. The van der Waals surface area contributed by atoms with Crippen molar-refractivity contribution in [2.45, 2.75) is 104 Å². The Labute approximate surface area is 539 Å². The molecule has 0 amide bonds. The van der Waals surface area contributed by atoms with Gasteiger partial charge in [-0.25, -0.2) is 49.2 Å². The number of hydrogen-bond donors (Lipinski definition) is 3. The van der Waals surface area contributed by atoms with Gasteiger partial charge in [0.05, 0.1) is 52.3 Å². The van der Waals surface area contributed by atoms with Gasteiger partial charge in [-0.3, -0.25) is 14.4 Å². The number of sulfonamides is 3. The van der Waals surface area contributed by atoms with Gasteiger partial charge in [-0.15, -0.1) is 0 Å². The van der Waals surface area contributed by atoms with Gasteiger partial charge in [0.25, 0.3) is 0 Å². The fourth-order valence-electron chi connectivity index (χ4n) is 12.9. The molecule has 3 unspecified atom stereocenters. The van der Waals surface area contributed by atoms with Crippen LogP contribution in [0.25, 0.3) is 0 Å². The average Bonchev–Trinajstić information content (AvgIpc) is 1.75. The predicted octanol–water partition coefficient (Wildman–Crippen LogP) is 5.87. The summed E-state index contributed by atoms with van der Waals surface area (Å²) in [6, 6.07) is 24.8. The number of aliphatic carboxylic acids is 3. The summed E-state index contributed by atoms with van der Waals surface area (Å²) in [7, 11) is -9.07. The van der Waals surface area contributed by atoms with E-state index in [0.29, 0.717) is 85.6 Å². The molecule has 5 heterocycles. The molecule has 494 valence electrons. The maximum Gasteiger partial charge on any atom is 0.329 e. The minimum absolute atomic E-state index is 0.0370. The first-order valence-electron chi connectivity index (χ1n) is 30.3. The number of ether oxygens (including phenoxy) is 2. The number of pyridine rings is 2. The van der Waals surface area contributed by atoms with E-state index in [9.17, 15) is 68.9 Å². The van der Waals surface area contributed by atoms with E-state index >= 15 is 0 Å². The summed E-state index contributed by atoms with van der Waals surface area (Å²) in [6.07, 6.45) is 6.66. The summed E-state index contributed by atoms with van der Waals surface area (Å²) < 4.78 is 108. The number of carboxylic acids is 3. The van der Waals surface area contributed by atoms with E-state index in [-0.39, 0.29) is 72.9 Å². The number of aromatic nitrogens is 2. The van der Waals surface area contributed by atoms with Gasteiger partial charge in [-0.2, -0.15) is 12.9 Å². The molecule has 24 nitrogen and oxygen atoms in total. The van der Waals surface area contributed by atoms with Crippen molar-refractivity contribution in [1.82, 2.24) is 22.9 Å². The number of carbonyl (C=O) groups excluding carboxylic acids is 2. The molecule has 0 saturated carbocycles. The van der Waals surface area contributed by atoms with Crippen LogP contribution >= 0.6 is 0 Å². The molecule has 2 aromatic heterocycles. The van der Waals surface area contributed by atoms with Crippen molar-refractivity contribution in [2.24, 2.45) is 0 Å². The molecule has 0 bridgehead atoms. The predicted molar refractivity (Wildman–Crippen MR) is 339 cm³/mol. The highest BCUT2D eigenvalue weighted by molar-refractivity contribution is 7.89. The number of fused-ring (bicyclic) bond motifs is 3. The third-order valence-corrected chi connectivity index (χ3v) is 23.7. The Balaban J connectivity index is 0.000000153. The van der Waals surface area contributed by atoms with Crippen LogP contribution in [0.5, 0.6) is 0 Å². The molecule has 3 fully saturated rings. The second kappa shape index (κ2) is 27.7. The van der Waals surface area contributed by atoms with Crippen LogP contribution in [0.4, 0.5) is 21.7 Å². The Morgan fingerprint density at radius 2 is 0.817 bits per heavy atom. The van der Waals surface area contributed by atoms with E-state index < -0.39 is 89.8 Å². The average molecular weight is 1340 g/mol. The van der Waals surface area contributed by atoms with Gasteiger partial charge >= 0.3 is 29.8 Å². The van der Waals surface area contributed by atoms with Crippen LogP contribution in [0.1, 0.15) is 87.1 Å². The van der Waals surface area contributed by atoms with Crippen molar-refractivity contribution in [3.8, 4) is 0 Å². The third kappa shape index (κ3) is 14.1. The molecule has 5 atom stereocenters. The number of methoxy groups -OCH3 is 2. The van der Waals surface area contributed by atoms with E-state index in [1.54, 1.807) is 64.7 Å². The highest BCUT2D eigenvalue weighted by atomic mass is 32.2.